The van der Waals surface area contributed by atoms with Crippen molar-refractivity contribution in [3.05, 3.63) is 60.8 Å². The third-order valence-corrected chi connectivity index (χ3v) is 8.60. The highest BCUT2D eigenvalue weighted by atomic mass is 35.5. The lowest BCUT2D eigenvalue weighted by molar-refractivity contribution is -0.116. The molecule has 0 bridgehead atoms. The number of halogens is 4. The second kappa shape index (κ2) is 17.4. The number of hydrogen-bond acceptors (Lipinski definition) is 5. The summed E-state index contributed by atoms with van der Waals surface area (Å²) in [6.07, 6.45) is 14.5. The number of carbonyl (C=O) groups excluding carboxylic acids is 1. The van der Waals surface area contributed by atoms with E-state index in [0.29, 0.717) is 17.8 Å². The van der Waals surface area contributed by atoms with Crippen LogP contribution in [0.5, 0.6) is 0 Å². The highest BCUT2D eigenvalue weighted by Gasteiger charge is 2.22. The molecule has 3 aromatic rings. The third-order valence-electron chi connectivity index (χ3n) is 6.90. The van der Waals surface area contributed by atoms with Crippen LogP contribution in [0.25, 0.3) is 5.69 Å². The zero-order valence-corrected chi connectivity index (χ0v) is 28.7. The van der Waals surface area contributed by atoms with Crippen molar-refractivity contribution < 1.29 is 13.2 Å². The number of unbranched alkanes of at least 4 members (excludes halogenated alkanes) is 10. The van der Waals surface area contributed by atoms with E-state index >= 15 is 0 Å². The molecule has 1 amide bonds. The van der Waals surface area contributed by atoms with Crippen LogP contribution < -0.4 is 20.9 Å². The van der Waals surface area contributed by atoms with Gasteiger partial charge in [-0.05, 0) is 36.8 Å². The van der Waals surface area contributed by atoms with E-state index in [2.05, 4.69) is 27.4 Å². The minimum absolute atomic E-state index is 0.0335. The number of H-pyrrole nitrogens is 1. The van der Waals surface area contributed by atoms with Crippen LogP contribution in [0.3, 0.4) is 0 Å². The summed E-state index contributed by atoms with van der Waals surface area (Å²) in [7, 11) is -3.87. The van der Waals surface area contributed by atoms with Gasteiger partial charge in [-0.25, -0.2) is 13.1 Å². The molecule has 0 spiro atoms. The molecule has 4 N–H and O–H groups in total. The zero-order valence-electron chi connectivity index (χ0n) is 24.9. The van der Waals surface area contributed by atoms with Gasteiger partial charge in [-0.2, -0.15) is 0 Å². The Morgan fingerprint density at radius 1 is 0.841 bits per heavy atom. The lowest BCUT2D eigenvalue weighted by Gasteiger charge is -2.12. The molecule has 1 aromatic heterocycles. The van der Waals surface area contributed by atoms with Crippen LogP contribution in [0, 0.1) is 0 Å². The van der Waals surface area contributed by atoms with E-state index < -0.39 is 15.6 Å². The van der Waals surface area contributed by atoms with E-state index in [9.17, 15) is 18.0 Å². The maximum Gasteiger partial charge on any atom is 0.297 e. The molecular formula is C30H39Cl4N5O4S. The summed E-state index contributed by atoms with van der Waals surface area (Å²) < 4.78 is 27.4. The van der Waals surface area contributed by atoms with E-state index in [0.717, 1.165) is 30.2 Å². The standard InChI is InChI=1S/C30H39Cl4N5O4S/c1-3-4-5-6-7-8-9-10-11-12-13-14-26(40)35-21-15-16-22(32)25(19-21)36-29-27(38-44(2,42)43)30(41)39(37-29)28-23(33)17-20(31)18-24(28)34/h15-19,36-38H,3-14H2,1-2H3,(H,35,40). The fourth-order valence-corrected chi connectivity index (χ4v) is 6.43. The second-order valence-corrected chi connectivity index (χ2v) is 14.2. The average Bonchev–Trinajstić information content (AvgIpc) is 3.21. The second-order valence-electron chi connectivity index (χ2n) is 10.7. The minimum atomic E-state index is -3.87. The first-order valence-corrected chi connectivity index (χ1v) is 18.1. The lowest BCUT2D eigenvalue weighted by Crippen LogP contribution is -2.21. The number of amides is 1. The van der Waals surface area contributed by atoms with Crippen molar-refractivity contribution >= 4 is 85.2 Å². The molecular weight excluding hydrogens is 668 g/mol. The normalized spacial score (nSPS) is 11.5. The van der Waals surface area contributed by atoms with Gasteiger partial charge in [0, 0.05) is 17.1 Å². The molecule has 0 unspecified atom stereocenters. The van der Waals surface area contributed by atoms with Gasteiger partial charge in [-0.1, -0.05) is 118 Å². The molecule has 242 valence electrons. The Morgan fingerprint density at radius 2 is 1.41 bits per heavy atom. The molecule has 9 nitrogen and oxygen atoms in total. The molecule has 0 saturated carbocycles. The lowest BCUT2D eigenvalue weighted by atomic mass is 10.1. The number of nitrogens with one attached hydrogen (secondary N) is 4. The number of anilines is 4. The smallest absolute Gasteiger partial charge is 0.297 e. The third kappa shape index (κ3) is 11.2. The van der Waals surface area contributed by atoms with Gasteiger partial charge in [-0.3, -0.25) is 19.4 Å². The fourth-order valence-electron chi connectivity index (χ4n) is 4.72. The Labute approximate surface area is 279 Å². The molecule has 0 aliphatic rings. The quantitative estimate of drug-likeness (QED) is 0.0981. The SMILES string of the molecule is CCCCCCCCCCCCCC(=O)Nc1ccc(Cl)c(Nc2[nH]n(-c3c(Cl)cc(Cl)cc3Cl)c(=O)c2NS(C)(=O)=O)c1. The Kier molecular flexibility index (Phi) is 14.2. The van der Waals surface area contributed by atoms with Gasteiger partial charge in [0.2, 0.25) is 15.9 Å². The molecule has 0 radical (unpaired) electrons. The predicted molar refractivity (Wildman–Crippen MR) is 184 cm³/mol. The Balaban J connectivity index is 1.65. The van der Waals surface area contributed by atoms with Crippen molar-refractivity contribution in [1.29, 1.82) is 0 Å². The Bertz CT molecular complexity index is 1570. The monoisotopic (exact) mass is 705 g/mol. The summed E-state index contributed by atoms with van der Waals surface area (Å²) >= 11 is 25.1. The zero-order chi connectivity index (χ0) is 32.3. The maximum atomic E-state index is 13.3. The van der Waals surface area contributed by atoms with Crippen molar-refractivity contribution in [3.8, 4) is 5.69 Å². The van der Waals surface area contributed by atoms with Crippen LogP contribution in [-0.2, 0) is 14.8 Å². The number of rotatable bonds is 18. The van der Waals surface area contributed by atoms with E-state index in [1.165, 1.54) is 63.5 Å². The van der Waals surface area contributed by atoms with E-state index in [4.69, 9.17) is 46.4 Å². The number of nitrogens with zero attached hydrogens (tertiary/aromatic N) is 1. The van der Waals surface area contributed by atoms with Crippen LogP contribution in [0.1, 0.15) is 84.0 Å². The molecule has 0 aliphatic carbocycles. The number of carbonyl (C=O) groups is 1. The number of sulfonamides is 1. The molecule has 0 fully saturated rings. The van der Waals surface area contributed by atoms with Crippen LogP contribution in [0.4, 0.5) is 22.9 Å². The summed E-state index contributed by atoms with van der Waals surface area (Å²) in [4.78, 5) is 25.9. The molecule has 1 heterocycles. The van der Waals surface area contributed by atoms with Gasteiger partial charge < -0.3 is 10.6 Å². The minimum Gasteiger partial charge on any atom is -0.337 e. The van der Waals surface area contributed by atoms with Gasteiger partial charge >= 0.3 is 0 Å². The van der Waals surface area contributed by atoms with Gasteiger partial charge in [0.15, 0.2) is 11.5 Å². The first kappa shape index (κ1) is 36.1. The number of hydrogen-bond donors (Lipinski definition) is 4. The summed E-state index contributed by atoms with van der Waals surface area (Å²) in [6, 6.07) is 7.61. The Hall–Kier alpha value is -2.37. The first-order valence-electron chi connectivity index (χ1n) is 14.7. The van der Waals surface area contributed by atoms with E-state index in [-0.39, 0.29) is 43.2 Å². The summed E-state index contributed by atoms with van der Waals surface area (Å²) in [5, 5.41) is 9.25. The molecule has 0 atom stereocenters. The maximum absolute atomic E-state index is 13.3. The molecule has 14 heteroatoms. The largest absolute Gasteiger partial charge is 0.337 e. The number of aromatic nitrogens is 2. The fraction of sp³-hybridized carbons (Fsp3) is 0.467. The van der Waals surface area contributed by atoms with E-state index in [1.807, 2.05) is 0 Å². The van der Waals surface area contributed by atoms with Gasteiger partial charge in [0.25, 0.3) is 5.56 Å². The number of aromatic amines is 1. The summed E-state index contributed by atoms with van der Waals surface area (Å²) in [5.74, 6) is -0.158. The average molecular weight is 708 g/mol. The van der Waals surface area contributed by atoms with Gasteiger partial charge in [0.05, 0.1) is 27.0 Å². The first-order chi connectivity index (χ1) is 20.9. The van der Waals surface area contributed by atoms with Crippen molar-refractivity contribution in [2.45, 2.75) is 84.0 Å². The van der Waals surface area contributed by atoms with E-state index in [1.54, 1.807) is 18.2 Å². The van der Waals surface area contributed by atoms with Crippen molar-refractivity contribution in [2.75, 3.05) is 21.6 Å². The van der Waals surface area contributed by atoms with Crippen molar-refractivity contribution in [2.24, 2.45) is 0 Å². The summed E-state index contributed by atoms with van der Waals surface area (Å²) in [6.45, 7) is 2.23. The number of benzene rings is 2. The topological polar surface area (TPSA) is 125 Å². The molecule has 44 heavy (non-hydrogen) atoms. The molecule has 2 aromatic carbocycles. The van der Waals surface area contributed by atoms with Crippen LogP contribution in [-0.4, -0.2) is 30.4 Å². The summed E-state index contributed by atoms with van der Waals surface area (Å²) in [5.41, 5.74) is -0.249. The molecule has 3 rings (SSSR count). The molecule has 0 saturated heterocycles. The van der Waals surface area contributed by atoms with Crippen LogP contribution in [0.2, 0.25) is 20.1 Å². The van der Waals surface area contributed by atoms with Crippen LogP contribution >= 0.6 is 46.4 Å². The van der Waals surface area contributed by atoms with Crippen molar-refractivity contribution in [1.82, 2.24) is 9.78 Å². The van der Waals surface area contributed by atoms with Crippen molar-refractivity contribution in [3.63, 3.8) is 0 Å². The van der Waals surface area contributed by atoms with Gasteiger partial charge in [-0.15, -0.1) is 0 Å². The van der Waals surface area contributed by atoms with Gasteiger partial charge in [0.1, 0.15) is 5.69 Å². The van der Waals surface area contributed by atoms with Crippen LogP contribution in [0.15, 0.2) is 35.1 Å². The highest BCUT2D eigenvalue weighted by molar-refractivity contribution is 7.92. The Morgan fingerprint density at radius 3 is 1.98 bits per heavy atom. The predicted octanol–water partition coefficient (Wildman–Crippen LogP) is 9.53. The molecule has 0 aliphatic heterocycles. The highest BCUT2D eigenvalue weighted by Crippen LogP contribution is 2.34.